The monoisotopic (exact) mass is 359 g/mol. The number of para-hydroxylation sites is 1. The van der Waals surface area contributed by atoms with Crippen LogP contribution in [-0.4, -0.2) is 36.5 Å². The highest BCUT2D eigenvalue weighted by Crippen LogP contribution is 2.29. The summed E-state index contributed by atoms with van der Waals surface area (Å²) in [7, 11) is 1.52. The molecule has 0 radical (unpaired) electrons. The Balaban J connectivity index is 1.63. The normalized spacial score (nSPS) is 16.8. The average molecular weight is 360 g/mol. The number of rotatable bonds is 5. The van der Waals surface area contributed by atoms with E-state index in [2.05, 4.69) is 10.3 Å². The van der Waals surface area contributed by atoms with Crippen LogP contribution in [0.5, 0.6) is 5.88 Å². The molecular weight excluding hydrogens is 342 g/mol. The number of aromatic nitrogens is 1. The van der Waals surface area contributed by atoms with Gasteiger partial charge in [0.25, 0.3) is 0 Å². The number of hydrogen-bond donors (Lipinski definition) is 1. The van der Waals surface area contributed by atoms with Gasteiger partial charge in [-0.1, -0.05) is 23.7 Å². The average Bonchev–Trinajstić information content (AvgIpc) is 2.96. The van der Waals surface area contributed by atoms with Crippen molar-refractivity contribution in [1.82, 2.24) is 10.3 Å². The molecule has 130 valence electrons. The zero-order valence-electron chi connectivity index (χ0n) is 13.7. The second-order valence-electron chi connectivity index (χ2n) is 5.73. The molecule has 1 aromatic carbocycles. The third-order valence-electron chi connectivity index (χ3n) is 4.06. The van der Waals surface area contributed by atoms with E-state index in [9.17, 15) is 9.59 Å². The first-order chi connectivity index (χ1) is 12.1. The Morgan fingerprint density at radius 3 is 2.96 bits per heavy atom. The molecular formula is C18H18ClN3O3. The molecule has 3 rings (SSSR count). The summed E-state index contributed by atoms with van der Waals surface area (Å²) in [4.78, 5) is 30.4. The van der Waals surface area contributed by atoms with Crippen LogP contribution in [0.2, 0.25) is 5.02 Å². The van der Waals surface area contributed by atoms with Crippen LogP contribution in [0.4, 0.5) is 5.69 Å². The second kappa shape index (κ2) is 7.53. The fourth-order valence-corrected chi connectivity index (χ4v) is 3.06. The van der Waals surface area contributed by atoms with Crippen LogP contribution >= 0.6 is 11.6 Å². The van der Waals surface area contributed by atoms with Gasteiger partial charge in [-0.3, -0.25) is 9.59 Å². The van der Waals surface area contributed by atoms with E-state index in [4.69, 9.17) is 16.3 Å². The molecule has 1 N–H and O–H groups in total. The van der Waals surface area contributed by atoms with E-state index in [1.54, 1.807) is 35.4 Å². The Morgan fingerprint density at radius 2 is 2.20 bits per heavy atom. The van der Waals surface area contributed by atoms with Crippen LogP contribution < -0.4 is 15.0 Å². The number of pyridine rings is 1. The maximum Gasteiger partial charge on any atom is 0.249 e. The number of anilines is 1. The molecule has 0 spiro atoms. The summed E-state index contributed by atoms with van der Waals surface area (Å²) < 4.78 is 5.05. The smallest absolute Gasteiger partial charge is 0.249 e. The molecule has 1 aromatic heterocycles. The standard InChI is InChI=1S/C18H18ClN3O3/c1-25-17-11-12(6-8-20-17)10-16(23)21-14-7-9-22(18(14)24)15-5-3-2-4-13(15)19/h2-6,8,11,14H,7,9-10H2,1H3,(H,21,23). The molecule has 1 atom stereocenters. The van der Waals surface area contributed by atoms with Crippen molar-refractivity contribution in [3.05, 3.63) is 53.2 Å². The lowest BCUT2D eigenvalue weighted by Crippen LogP contribution is -2.42. The summed E-state index contributed by atoms with van der Waals surface area (Å²) in [6.45, 7) is 0.524. The predicted molar refractivity (Wildman–Crippen MR) is 94.8 cm³/mol. The molecule has 1 unspecified atom stereocenters. The van der Waals surface area contributed by atoms with E-state index in [1.165, 1.54) is 7.11 Å². The fourth-order valence-electron chi connectivity index (χ4n) is 2.83. The summed E-state index contributed by atoms with van der Waals surface area (Å²) >= 11 is 6.16. The number of amides is 2. The number of ether oxygens (including phenoxy) is 1. The summed E-state index contributed by atoms with van der Waals surface area (Å²) in [6, 6.07) is 10.1. The Morgan fingerprint density at radius 1 is 1.40 bits per heavy atom. The number of carbonyl (C=O) groups excluding carboxylic acids is 2. The molecule has 1 aliphatic rings. The van der Waals surface area contributed by atoms with Crippen molar-refractivity contribution in [2.45, 2.75) is 18.9 Å². The lowest BCUT2D eigenvalue weighted by molar-refractivity contribution is -0.126. The summed E-state index contributed by atoms with van der Waals surface area (Å²) in [5.74, 6) is 0.0912. The number of methoxy groups -OCH3 is 1. The Labute approximate surface area is 150 Å². The van der Waals surface area contributed by atoms with Gasteiger partial charge >= 0.3 is 0 Å². The van der Waals surface area contributed by atoms with Crippen LogP contribution in [0, 0.1) is 0 Å². The molecule has 1 aliphatic heterocycles. The van der Waals surface area contributed by atoms with Crippen LogP contribution in [-0.2, 0) is 16.0 Å². The Kier molecular flexibility index (Phi) is 5.19. The largest absolute Gasteiger partial charge is 0.481 e. The number of benzene rings is 1. The van der Waals surface area contributed by atoms with Gasteiger partial charge in [-0.2, -0.15) is 0 Å². The maximum absolute atomic E-state index is 12.6. The quantitative estimate of drug-likeness (QED) is 0.888. The van der Waals surface area contributed by atoms with E-state index in [0.717, 1.165) is 5.56 Å². The van der Waals surface area contributed by atoms with Gasteiger partial charge in [0.2, 0.25) is 17.7 Å². The maximum atomic E-state index is 12.6. The molecule has 0 saturated carbocycles. The highest BCUT2D eigenvalue weighted by atomic mass is 35.5. The fraction of sp³-hybridized carbons (Fsp3) is 0.278. The summed E-state index contributed by atoms with van der Waals surface area (Å²) in [5, 5.41) is 3.32. The topological polar surface area (TPSA) is 71.5 Å². The lowest BCUT2D eigenvalue weighted by Gasteiger charge is -2.18. The molecule has 6 nitrogen and oxygen atoms in total. The highest BCUT2D eigenvalue weighted by molar-refractivity contribution is 6.34. The minimum atomic E-state index is -0.535. The van der Waals surface area contributed by atoms with Gasteiger partial charge < -0.3 is 15.0 Å². The molecule has 0 bridgehead atoms. The SMILES string of the molecule is COc1cc(CC(=O)NC2CCN(c3ccccc3Cl)C2=O)ccn1. The lowest BCUT2D eigenvalue weighted by atomic mass is 10.1. The summed E-state index contributed by atoms with van der Waals surface area (Å²) in [6.07, 6.45) is 2.30. The van der Waals surface area contributed by atoms with Crippen molar-refractivity contribution in [1.29, 1.82) is 0 Å². The van der Waals surface area contributed by atoms with Crippen LogP contribution in [0.3, 0.4) is 0 Å². The van der Waals surface area contributed by atoms with Gasteiger partial charge in [-0.25, -0.2) is 4.98 Å². The Hall–Kier alpha value is -2.60. The van der Waals surface area contributed by atoms with E-state index in [1.807, 2.05) is 12.1 Å². The van der Waals surface area contributed by atoms with Gasteiger partial charge in [0, 0.05) is 18.8 Å². The molecule has 1 saturated heterocycles. The molecule has 7 heteroatoms. The number of carbonyl (C=O) groups is 2. The van der Waals surface area contributed by atoms with Gasteiger partial charge in [0.15, 0.2) is 0 Å². The van der Waals surface area contributed by atoms with Gasteiger partial charge in [-0.05, 0) is 30.2 Å². The molecule has 2 amide bonds. The minimum Gasteiger partial charge on any atom is -0.481 e. The van der Waals surface area contributed by atoms with Gasteiger partial charge in [0.05, 0.1) is 24.2 Å². The van der Waals surface area contributed by atoms with Crippen molar-refractivity contribution < 1.29 is 14.3 Å². The zero-order valence-corrected chi connectivity index (χ0v) is 14.5. The summed E-state index contributed by atoms with van der Waals surface area (Å²) in [5.41, 5.74) is 1.45. The predicted octanol–water partition coefficient (Wildman–Crippen LogP) is 2.21. The number of halogens is 1. The van der Waals surface area contributed by atoms with Crippen LogP contribution in [0.25, 0.3) is 0 Å². The van der Waals surface area contributed by atoms with Crippen molar-refractivity contribution >= 4 is 29.1 Å². The second-order valence-corrected chi connectivity index (χ2v) is 6.14. The third-order valence-corrected chi connectivity index (χ3v) is 4.38. The van der Waals surface area contributed by atoms with Gasteiger partial charge in [0.1, 0.15) is 6.04 Å². The van der Waals surface area contributed by atoms with E-state index in [-0.39, 0.29) is 18.2 Å². The van der Waals surface area contributed by atoms with Crippen molar-refractivity contribution in [3.8, 4) is 5.88 Å². The van der Waals surface area contributed by atoms with E-state index < -0.39 is 6.04 Å². The van der Waals surface area contributed by atoms with Crippen molar-refractivity contribution in [2.75, 3.05) is 18.6 Å². The van der Waals surface area contributed by atoms with Crippen LogP contribution in [0.15, 0.2) is 42.6 Å². The number of nitrogens with one attached hydrogen (secondary N) is 1. The van der Waals surface area contributed by atoms with Crippen molar-refractivity contribution in [3.63, 3.8) is 0 Å². The van der Waals surface area contributed by atoms with E-state index in [0.29, 0.717) is 29.6 Å². The zero-order chi connectivity index (χ0) is 17.8. The molecule has 1 fully saturated rings. The van der Waals surface area contributed by atoms with E-state index >= 15 is 0 Å². The molecule has 25 heavy (non-hydrogen) atoms. The first-order valence-corrected chi connectivity index (χ1v) is 8.30. The highest BCUT2D eigenvalue weighted by Gasteiger charge is 2.34. The van der Waals surface area contributed by atoms with Crippen LogP contribution in [0.1, 0.15) is 12.0 Å². The number of hydrogen-bond acceptors (Lipinski definition) is 4. The molecule has 2 heterocycles. The molecule has 2 aromatic rings. The molecule has 0 aliphatic carbocycles. The number of nitrogens with zero attached hydrogens (tertiary/aromatic N) is 2. The first kappa shape index (κ1) is 17.2. The van der Waals surface area contributed by atoms with Gasteiger partial charge in [-0.15, -0.1) is 0 Å². The first-order valence-electron chi connectivity index (χ1n) is 7.92. The van der Waals surface area contributed by atoms with Crippen molar-refractivity contribution in [2.24, 2.45) is 0 Å². The Bertz CT molecular complexity index is 797. The minimum absolute atomic E-state index is 0.145. The third kappa shape index (κ3) is 3.91.